The van der Waals surface area contributed by atoms with Crippen LogP contribution in [0.25, 0.3) is 11.2 Å². The molecule has 0 amide bonds. The number of aromatic amines is 2. The van der Waals surface area contributed by atoms with Crippen LogP contribution in [0.4, 0.5) is 11.6 Å². The first-order valence-corrected chi connectivity index (χ1v) is 5.66. The minimum atomic E-state index is -0.313. The van der Waals surface area contributed by atoms with Crippen molar-refractivity contribution in [3.05, 3.63) is 46.5 Å². The van der Waals surface area contributed by atoms with Gasteiger partial charge < -0.3 is 15.4 Å². The molecule has 1 aromatic carbocycles. The van der Waals surface area contributed by atoms with E-state index in [4.69, 9.17) is 5.11 Å². The Bertz CT molecular complexity index is 777. The Morgan fingerprint density at radius 1 is 1.37 bits per heavy atom. The molecule has 3 aromatic rings. The zero-order chi connectivity index (χ0) is 13.2. The second-order valence-electron chi connectivity index (χ2n) is 4.00. The van der Waals surface area contributed by atoms with Crippen LogP contribution in [0.3, 0.4) is 0 Å². The summed E-state index contributed by atoms with van der Waals surface area (Å²) < 4.78 is 0. The first kappa shape index (κ1) is 11.4. The number of hydrogen-bond acceptors (Lipinski definition) is 5. The monoisotopic (exact) mass is 257 g/mol. The van der Waals surface area contributed by atoms with Crippen LogP contribution in [0.1, 0.15) is 5.56 Å². The van der Waals surface area contributed by atoms with Crippen molar-refractivity contribution in [2.24, 2.45) is 0 Å². The summed E-state index contributed by atoms with van der Waals surface area (Å²) >= 11 is 0. The maximum absolute atomic E-state index is 11.7. The van der Waals surface area contributed by atoms with Gasteiger partial charge in [-0.15, -0.1) is 0 Å². The molecule has 0 aliphatic rings. The fraction of sp³-hybridized carbons (Fsp3) is 0.0833. The van der Waals surface area contributed by atoms with Crippen molar-refractivity contribution < 1.29 is 5.11 Å². The van der Waals surface area contributed by atoms with E-state index in [-0.39, 0.29) is 17.7 Å². The topological polar surface area (TPSA) is 107 Å². The number of benzene rings is 1. The van der Waals surface area contributed by atoms with Crippen LogP contribution >= 0.6 is 0 Å². The average Bonchev–Trinajstić information content (AvgIpc) is 2.88. The van der Waals surface area contributed by atoms with Crippen LogP contribution in [-0.4, -0.2) is 25.0 Å². The molecule has 0 saturated carbocycles. The van der Waals surface area contributed by atoms with Crippen LogP contribution in [0.5, 0.6) is 0 Å². The molecule has 2 aromatic heterocycles. The molecule has 0 atom stereocenters. The van der Waals surface area contributed by atoms with Crippen LogP contribution in [0, 0.1) is 0 Å². The zero-order valence-electron chi connectivity index (χ0n) is 9.84. The molecule has 2 heterocycles. The Kier molecular flexibility index (Phi) is 2.73. The second kappa shape index (κ2) is 4.54. The Morgan fingerprint density at radius 3 is 3.11 bits per heavy atom. The number of anilines is 2. The van der Waals surface area contributed by atoms with E-state index in [9.17, 15) is 4.79 Å². The molecule has 0 fully saturated rings. The van der Waals surface area contributed by atoms with Gasteiger partial charge in [0.1, 0.15) is 0 Å². The van der Waals surface area contributed by atoms with E-state index in [2.05, 4.69) is 25.3 Å². The lowest BCUT2D eigenvalue weighted by atomic mass is 10.2. The Hall–Kier alpha value is -2.67. The van der Waals surface area contributed by atoms with E-state index < -0.39 is 0 Å². The van der Waals surface area contributed by atoms with Crippen molar-refractivity contribution in [3.8, 4) is 0 Å². The van der Waals surface area contributed by atoms with Gasteiger partial charge in [0.25, 0.3) is 5.56 Å². The second-order valence-corrected chi connectivity index (χ2v) is 4.00. The summed E-state index contributed by atoms with van der Waals surface area (Å²) in [5.74, 6) is 0.317. The SMILES string of the molecule is O=c1[nH]c(Nc2cccc(CO)c2)nc2[nH]cnc12. The van der Waals surface area contributed by atoms with E-state index in [0.29, 0.717) is 11.6 Å². The minimum absolute atomic E-state index is 0.0426. The molecule has 0 unspecified atom stereocenters. The third kappa shape index (κ3) is 2.18. The van der Waals surface area contributed by atoms with Crippen LogP contribution in [0.15, 0.2) is 35.4 Å². The quantitative estimate of drug-likeness (QED) is 0.557. The number of nitrogens with zero attached hydrogens (tertiary/aromatic N) is 2. The fourth-order valence-electron chi connectivity index (χ4n) is 1.79. The number of fused-ring (bicyclic) bond motifs is 1. The minimum Gasteiger partial charge on any atom is -0.392 e. The molecule has 0 aliphatic heterocycles. The van der Waals surface area contributed by atoms with E-state index in [0.717, 1.165) is 11.3 Å². The first-order valence-electron chi connectivity index (χ1n) is 5.66. The number of nitrogens with one attached hydrogen (secondary N) is 3. The maximum Gasteiger partial charge on any atom is 0.280 e. The molecule has 0 saturated heterocycles. The lowest BCUT2D eigenvalue weighted by Gasteiger charge is -2.06. The third-order valence-electron chi connectivity index (χ3n) is 2.66. The normalized spacial score (nSPS) is 10.8. The fourth-order valence-corrected chi connectivity index (χ4v) is 1.79. The highest BCUT2D eigenvalue weighted by atomic mass is 16.3. The number of rotatable bonds is 3. The van der Waals surface area contributed by atoms with Crippen molar-refractivity contribution in [2.45, 2.75) is 6.61 Å². The summed E-state index contributed by atoms with van der Waals surface area (Å²) in [6.07, 6.45) is 1.42. The predicted molar refractivity (Wildman–Crippen MR) is 70.2 cm³/mol. The van der Waals surface area contributed by atoms with Gasteiger partial charge in [-0.1, -0.05) is 12.1 Å². The summed E-state index contributed by atoms with van der Waals surface area (Å²) in [6.45, 7) is -0.0426. The molecule has 7 nitrogen and oxygen atoms in total. The summed E-state index contributed by atoms with van der Waals surface area (Å²) in [4.78, 5) is 25.2. The van der Waals surface area contributed by atoms with E-state index in [1.807, 2.05) is 6.07 Å². The summed E-state index contributed by atoms with van der Waals surface area (Å²) in [7, 11) is 0. The number of imidazole rings is 1. The number of aliphatic hydroxyl groups is 1. The molecule has 3 rings (SSSR count). The Balaban J connectivity index is 1.98. The number of aromatic nitrogens is 4. The molecule has 0 bridgehead atoms. The molecule has 19 heavy (non-hydrogen) atoms. The lowest BCUT2D eigenvalue weighted by molar-refractivity contribution is 0.282. The molecule has 7 heteroatoms. The Labute approximate surface area is 107 Å². The van der Waals surface area contributed by atoms with E-state index in [1.54, 1.807) is 18.2 Å². The molecule has 0 radical (unpaired) electrons. The molecule has 96 valence electrons. The van der Waals surface area contributed by atoms with Gasteiger partial charge in [0.2, 0.25) is 5.95 Å². The van der Waals surface area contributed by atoms with Crippen LogP contribution in [0.2, 0.25) is 0 Å². The molecule has 0 aliphatic carbocycles. The van der Waals surface area contributed by atoms with Gasteiger partial charge in [0.15, 0.2) is 11.2 Å². The molecular formula is C12H11N5O2. The van der Waals surface area contributed by atoms with Crippen molar-refractivity contribution in [1.29, 1.82) is 0 Å². The van der Waals surface area contributed by atoms with Crippen molar-refractivity contribution >= 4 is 22.8 Å². The van der Waals surface area contributed by atoms with Crippen molar-refractivity contribution in [1.82, 2.24) is 19.9 Å². The average molecular weight is 257 g/mol. The standard InChI is InChI=1S/C12H11N5O2/c18-5-7-2-1-3-8(4-7)15-12-16-10-9(11(19)17-12)13-6-14-10/h1-4,6,18H,5H2,(H3,13,14,15,16,17,19). The van der Waals surface area contributed by atoms with Crippen molar-refractivity contribution in [2.75, 3.05) is 5.32 Å². The van der Waals surface area contributed by atoms with Gasteiger partial charge in [-0.05, 0) is 17.7 Å². The van der Waals surface area contributed by atoms with Gasteiger partial charge in [-0.2, -0.15) is 4.98 Å². The lowest BCUT2D eigenvalue weighted by Crippen LogP contribution is -2.11. The number of H-pyrrole nitrogens is 2. The number of hydrogen-bond donors (Lipinski definition) is 4. The summed E-state index contributed by atoms with van der Waals surface area (Å²) in [6, 6.07) is 7.20. The van der Waals surface area contributed by atoms with Crippen LogP contribution < -0.4 is 10.9 Å². The molecule has 0 spiro atoms. The Morgan fingerprint density at radius 2 is 2.26 bits per heavy atom. The smallest absolute Gasteiger partial charge is 0.280 e. The van der Waals surface area contributed by atoms with Gasteiger partial charge in [0.05, 0.1) is 12.9 Å². The van der Waals surface area contributed by atoms with Gasteiger partial charge in [-0.3, -0.25) is 9.78 Å². The predicted octanol–water partition coefficient (Wildman–Crippen LogP) is 0.882. The van der Waals surface area contributed by atoms with Gasteiger partial charge in [-0.25, -0.2) is 4.98 Å². The summed E-state index contributed by atoms with van der Waals surface area (Å²) in [5.41, 5.74) is 1.88. The van der Waals surface area contributed by atoms with Crippen molar-refractivity contribution in [3.63, 3.8) is 0 Å². The maximum atomic E-state index is 11.7. The largest absolute Gasteiger partial charge is 0.392 e. The van der Waals surface area contributed by atoms with Gasteiger partial charge >= 0.3 is 0 Å². The third-order valence-corrected chi connectivity index (χ3v) is 2.66. The highest BCUT2D eigenvalue weighted by Gasteiger charge is 2.06. The molecule has 4 N–H and O–H groups in total. The summed E-state index contributed by atoms with van der Waals surface area (Å²) in [5, 5.41) is 12.0. The van der Waals surface area contributed by atoms with E-state index in [1.165, 1.54) is 6.33 Å². The van der Waals surface area contributed by atoms with Gasteiger partial charge in [0, 0.05) is 5.69 Å². The highest BCUT2D eigenvalue weighted by Crippen LogP contribution is 2.14. The molecular weight excluding hydrogens is 246 g/mol. The van der Waals surface area contributed by atoms with Crippen LogP contribution in [-0.2, 0) is 6.61 Å². The van der Waals surface area contributed by atoms with E-state index >= 15 is 0 Å². The number of aliphatic hydroxyl groups excluding tert-OH is 1. The zero-order valence-corrected chi connectivity index (χ0v) is 9.84. The first-order chi connectivity index (χ1) is 9.26. The highest BCUT2D eigenvalue weighted by molar-refractivity contribution is 5.70.